The second-order valence-electron chi connectivity index (χ2n) is 7.66. The van der Waals surface area contributed by atoms with Gasteiger partial charge in [0.2, 0.25) is 0 Å². The summed E-state index contributed by atoms with van der Waals surface area (Å²) in [6.07, 6.45) is 10.6. The molecule has 0 spiro atoms. The molecule has 2 rings (SSSR count). The maximum absolute atomic E-state index is 2.45. The molecule has 2 aliphatic carbocycles. The molecule has 0 aliphatic heterocycles. The molecule has 0 aromatic carbocycles. The zero-order valence-corrected chi connectivity index (χ0v) is 11.8. The number of hydrogen-bond acceptors (Lipinski definition) is 0. The lowest BCUT2D eigenvalue weighted by molar-refractivity contribution is 0.124. The Kier molecular flexibility index (Phi) is 3.66. The van der Waals surface area contributed by atoms with Gasteiger partial charge in [0.15, 0.2) is 0 Å². The second-order valence-corrected chi connectivity index (χ2v) is 7.66. The average Bonchev–Trinajstić information content (AvgIpc) is 2.64. The van der Waals surface area contributed by atoms with Crippen molar-refractivity contribution in [2.24, 2.45) is 29.1 Å². The second kappa shape index (κ2) is 4.70. The minimum absolute atomic E-state index is 0.550. The van der Waals surface area contributed by atoms with Gasteiger partial charge in [-0.1, -0.05) is 34.1 Å². The molecule has 2 atom stereocenters. The number of hydrogen-bond donors (Lipinski definition) is 0. The lowest BCUT2D eigenvalue weighted by Crippen LogP contribution is -2.28. The third-order valence-corrected chi connectivity index (χ3v) is 5.40. The van der Waals surface area contributed by atoms with Gasteiger partial charge in [0.25, 0.3) is 0 Å². The first-order valence-electron chi connectivity index (χ1n) is 7.47. The first-order chi connectivity index (χ1) is 7.47. The van der Waals surface area contributed by atoms with Gasteiger partial charge < -0.3 is 0 Å². The summed E-state index contributed by atoms with van der Waals surface area (Å²) < 4.78 is 0. The average molecular weight is 222 g/mol. The molecule has 0 amide bonds. The molecule has 2 saturated carbocycles. The summed E-state index contributed by atoms with van der Waals surface area (Å²) in [6.45, 7) is 9.72. The highest BCUT2D eigenvalue weighted by molar-refractivity contribution is 4.85. The van der Waals surface area contributed by atoms with Crippen molar-refractivity contribution < 1.29 is 0 Å². The van der Waals surface area contributed by atoms with Crippen molar-refractivity contribution in [3.63, 3.8) is 0 Å². The van der Waals surface area contributed by atoms with E-state index in [1.807, 2.05) is 0 Å². The highest BCUT2D eigenvalue weighted by Gasteiger charge is 2.34. The Morgan fingerprint density at radius 2 is 1.31 bits per heavy atom. The fourth-order valence-electron chi connectivity index (χ4n) is 4.14. The van der Waals surface area contributed by atoms with Crippen LogP contribution in [0.4, 0.5) is 0 Å². The van der Waals surface area contributed by atoms with E-state index in [-0.39, 0.29) is 0 Å². The smallest absolute Gasteiger partial charge is 0.0354 e. The van der Waals surface area contributed by atoms with E-state index in [4.69, 9.17) is 0 Å². The third-order valence-electron chi connectivity index (χ3n) is 5.40. The molecule has 0 saturated heterocycles. The maximum atomic E-state index is 2.45. The molecule has 0 N–H and O–H groups in total. The summed E-state index contributed by atoms with van der Waals surface area (Å²) in [5.74, 6) is 4.19. The molecule has 0 radical (unpaired) electrons. The highest BCUT2D eigenvalue weighted by Crippen LogP contribution is 2.46. The van der Waals surface area contributed by atoms with E-state index >= 15 is 0 Å². The predicted molar refractivity (Wildman–Crippen MR) is 71.4 cm³/mol. The van der Waals surface area contributed by atoms with Crippen molar-refractivity contribution in [1.82, 2.24) is 0 Å². The molecule has 16 heavy (non-hydrogen) atoms. The summed E-state index contributed by atoms with van der Waals surface area (Å²) >= 11 is 0. The molecule has 0 heteroatoms. The Morgan fingerprint density at radius 3 is 1.75 bits per heavy atom. The predicted octanol–water partition coefficient (Wildman–Crippen LogP) is 5.28. The molecule has 0 bridgehead atoms. The van der Waals surface area contributed by atoms with Gasteiger partial charge in [-0.3, -0.25) is 0 Å². The van der Waals surface area contributed by atoms with Gasteiger partial charge in [0, 0.05) is 0 Å². The molecule has 94 valence electrons. The highest BCUT2D eigenvalue weighted by atomic mass is 14.4. The van der Waals surface area contributed by atoms with Gasteiger partial charge in [0.1, 0.15) is 0 Å². The van der Waals surface area contributed by atoms with Gasteiger partial charge in [-0.25, -0.2) is 0 Å². The van der Waals surface area contributed by atoms with Crippen molar-refractivity contribution in [3.8, 4) is 0 Å². The molecule has 2 fully saturated rings. The Bertz CT molecular complexity index is 215. The molecule has 0 heterocycles. The van der Waals surface area contributed by atoms with E-state index in [1.165, 1.54) is 44.9 Å². The molecular weight excluding hydrogens is 192 g/mol. The Labute approximate surface area is 102 Å². The van der Waals surface area contributed by atoms with Gasteiger partial charge >= 0.3 is 0 Å². The van der Waals surface area contributed by atoms with Crippen LogP contribution in [0.5, 0.6) is 0 Å². The molecular formula is C16H30. The van der Waals surface area contributed by atoms with Crippen LogP contribution in [0.2, 0.25) is 0 Å². The van der Waals surface area contributed by atoms with E-state index in [0.29, 0.717) is 5.41 Å². The minimum Gasteiger partial charge on any atom is -0.0625 e. The molecule has 0 aromatic heterocycles. The van der Waals surface area contributed by atoms with Gasteiger partial charge in [-0.05, 0) is 67.6 Å². The van der Waals surface area contributed by atoms with Crippen LogP contribution in [0.3, 0.4) is 0 Å². The zero-order valence-electron chi connectivity index (χ0n) is 11.8. The van der Waals surface area contributed by atoms with Crippen LogP contribution in [0.25, 0.3) is 0 Å². The van der Waals surface area contributed by atoms with E-state index in [9.17, 15) is 0 Å². The van der Waals surface area contributed by atoms with E-state index in [0.717, 1.165) is 23.7 Å². The fraction of sp³-hybridized carbons (Fsp3) is 1.00. The monoisotopic (exact) mass is 222 g/mol. The Hall–Kier alpha value is 0. The lowest BCUT2D eigenvalue weighted by Gasteiger charge is -2.38. The van der Waals surface area contributed by atoms with Crippen molar-refractivity contribution >= 4 is 0 Å². The van der Waals surface area contributed by atoms with Crippen LogP contribution in [-0.2, 0) is 0 Å². The van der Waals surface area contributed by atoms with E-state index < -0.39 is 0 Å². The molecule has 2 unspecified atom stereocenters. The summed E-state index contributed by atoms with van der Waals surface area (Å²) in [4.78, 5) is 0. The van der Waals surface area contributed by atoms with Crippen molar-refractivity contribution in [2.75, 3.05) is 0 Å². The summed E-state index contributed by atoms with van der Waals surface area (Å²) in [5.41, 5.74) is 0.550. The minimum atomic E-state index is 0.550. The summed E-state index contributed by atoms with van der Waals surface area (Å²) in [6, 6.07) is 0. The summed E-state index contributed by atoms with van der Waals surface area (Å²) in [7, 11) is 0. The van der Waals surface area contributed by atoms with Crippen LogP contribution in [-0.4, -0.2) is 0 Å². The Morgan fingerprint density at radius 1 is 0.750 bits per heavy atom. The zero-order chi connectivity index (χ0) is 11.8. The topological polar surface area (TPSA) is 0 Å². The standard InChI is InChI=1S/C16H30/c1-12-5-6-14(11-12)13-7-9-15(10-8-13)16(2,3)4/h12-15H,5-11H2,1-4H3. The van der Waals surface area contributed by atoms with Gasteiger partial charge in [0.05, 0.1) is 0 Å². The van der Waals surface area contributed by atoms with Crippen molar-refractivity contribution in [3.05, 3.63) is 0 Å². The van der Waals surface area contributed by atoms with Crippen LogP contribution < -0.4 is 0 Å². The van der Waals surface area contributed by atoms with Crippen LogP contribution in [0.1, 0.15) is 72.6 Å². The Balaban J connectivity index is 1.81. The van der Waals surface area contributed by atoms with Gasteiger partial charge in [-0.2, -0.15) is 0 Å². The normalized spacial score (nSPS) is 41.2. The molecule has 0 aromatic rings. The number of rotatable bonds is 1. The first-order valence-corrected chi connectivity index (χ1v) is 7.47. The largest absolute Gasteiger partial charge is 0.0625 e. The third kappa shape index (κ3) is 2.81. The van der Waals surface area contributed by atoms with Crippen LogP contribution in [0.15, 0.2) is 0 Å². The van der Waals surface area contributed by atoms with Gasteiger partial charge in [-0.15, -0.1) is 0 Å². The molecule has 0 nitrogen and oxygen atoms in total. The first kappa shape index (κ1) is 12.5. The SMILES string of the molecule is CC1CCC(C2CCC(C(C)(C)C)CC2)C1. The van der Waals surface area contributed by atoms with Crippen molar-refractivity contribution in [2.45, 2.75) is 72.6 Å². The van der Waals surface area contributed by atoms with Crippen molar-refractivity contribution in [1.29, 1.82) is 0 Å². The van der Waals surface area contributed by atoms with Crippen LogP contribution >= 0.6 is 0 Å². The lowest BCUT2D eigenvalue weighted by atomic mass is 9.67. The summed E-state index contributed by atoms with van der Waals surface area (Å²) in [5, 5.41) is 0. The van der Waals surface area contributed by atoms with Crippen LogP contribution in [0, 0.1) is 29.1 Å². The quantitative estimate of drug-likeness (QED) is 0.566. The van der Waals surface area contributed by atoms with E-state index in [1.54, 1.807) is 0 Å². The fourth-order valence-corrected chi connectivity index (χ4v) is 4.14. The maximum Gasteiger partial charge on any atom is -0.0354 e. The van der Waals surface area contributed by atoms with E-state index in [2.05, 4.69) is 27.7 Å². The molecule has 2 aliphatic rings.